The van der Waals surface area contributed by atoms with Crippen molar-refractivity contribution in [3.63, 3.8) is 0 Å². The van der Waals surface area contributed by atoms with Crippen LogP contribution in [0.15, 0.2) is 36.4 Å². The monoisotopic (exact) mass is 316 g/mol. The zero-order valence-corrected chi connectivity index (χ0v) is 13.3. The molecular formula is C17H20N2O4. The number of carbonyl (C=O) groups excluding carboxylic acids is 1. The zero-order valence-electron chi connectivity index (χ0n) is 13.3. The molecule has 0 saturated carbocycles. The molecule has 6 heteroatoms. The summed E-state index contributed by atoms with van der Waals surface area (Å²) >= 11 is 0. The number of carbonyl (C=O) groups is 2. The standard InChI is InChI=1S/C17H20N2O4/c1-17(2,3)13-9-12(14(19-13)15(20)21)18-16(22)23-10-11-7-5-4-6-8-11/h4-9,19H,10H2,1-3H3,(H,18,22)(H,20,21). The molecule has 122 valence electrons. The van der Waals surface area contributed by atoms with Gasteiger partial charge in [-0.25, -0.2) is 9.59 Å². The molecule has 3 N–H and O–H groups in total. The van der Waals surface area contributed by atoms with Gasteiger partial charge in [-0.2, -0.15) is 0 Å². The first-order chi connectivity index (χ1) is 10.8. The smallest absolute Gasteiger partial charge is 0.412 e. The number of aromatic carboxylic acids is 1. The molecule has 0 aliphatic carbocycles. The lowest BCUT2D eigenvalue weighted by Crippen LogP contribution is -2.15. The third-order valence-electron chi connectivity index (χ3n) is 3.29. The molecule has 0 bridgehead atoms. The molecule has 1 aromatic heterocycles. The second kappa shape index (κ2) is 6.56. The van der Waals surface area contributed by atoms with Crippen LogP contribution in [0.1, 0.15) is 42.5 Å². The second-order valence-electron chi connectivity index (χ2n) is 6.21. The predicted octanol–water partition coefficient (Wildman–Crippen LogP) is 3.76. The lowest BCUT2D eigenvalue weighted by Gasteiger charge is -2.15. The molecule has 6 nitrogen and oxygen atoms in total. The van der Waals surface area contributed by atoms with E-state index in [1.807, 2.05) is 51.1 Å². The van der Waals surface area contributed by atoms with Crippen LogP contribution in [0, 0.1) is 0 Å². The molecule has 1 aromatic carbocycles. The number of carboxylic acids is 1. The minimum absolute atomic E-state index is 0.0633. The Morgan fingerprint density at radius 1 is 1.22 bits per heavy atom. The van der Waals surface area contributed by atoms with Gasteiger partial charge in [0.15, 0.2) is 0 Å². The normalized spacial score (nSPS) is 11.1. The first-order valence-corrected chi connectivity index (χ1v) is 7.22. The van der Waals surface area contributed by atoms with Gasteiger partial charge in [-0.3, -0.25) is 5.32 Å². The molecule has 0 saturated heterocycles. The van der Waals surface area contributed by atoms with E-state index in [4.69, 9.17) is 4.74 Å². The number of rotatable bonds is 4. The Hall–Kier alpha value is -2.76. The number of anilines is 1. The molecule has 2 aromatic rings. The molecule has 0 aliphatic heterocycles. The molecule has 0 fully saturated rings. The van der Waals surface area contributed by atoms with Gasteiger partial charge < -0.3 is 14.8 Å². The molecule has 23 heavy (non-hydrogen) atoms. The minimum atomic E-state index is -1.14. The van der Waals surface area contributed by atoms with Gasteiger partial charge in [0.05, 0.1) is 5.69 Å². The van der Waals surface area contributed by atoms with Crippen molar-refractivity contribution < 1.29 is 19.4 Å². The number of benzene rings is 1. The number of ether oxygens (including phenoxy) is 1. The van der Waals surface area contributed by atoms with E-state index in [-0.39, 0.29) is 23.4 Å². The highest BCUT2D eigenvalue weighted by atomic mass is 16.5. The van der Waals surface area contributed by atoms with Crippen LogP contribution in [0.4, 0.5) is 10.5 Å². The van der Waals surface area contributed by atoms with Gasteiger partial charge >= 0.3 is 12.1 Å². The van der Waals surface area contributed by atoms with Crippen molar-refractivity contribution in [3.8, 4) is 0 Å². The van der Waals surface area contributed by atoms with Crippen LogP contribution >= 0.6 is 0 Å². The zero-order chi connectivity index (χ0) is 17.0. The Morgan fingerprint density at radius 3 is 2.43 bits per heavy atom. The van der Waals surface area contributed by atoms with E-state index < -0.39 is 12.1 Å². The number of amides is 1. The van der Waals surface area contributed by atoms with E-state index in [9.17, 15) is 14.7 Å². The first kappa shape index (κ1) is 16.6. The SMILES string of the molecule is CC(C)(C)c1cc(NC(=O)OCc2ccccc2)c(C(=O)O)[nH]1. The molecule has 0 unspecified atom stereocenters. The Kier molecular flexibility index (Phi) is 4.74. The van der Waals surface area contributed by atoms with Crippen molar-refractivity contribution in [2.45, 2.75) is 32.8 Å². The fourth-order valence-electron chi connectivity index (χ4n) is 2.00. The maximum absolute atomic E-state index is 11.9. The van der Waals surface area contributed by atoms with Crippen LogP contribution in [0.3, 0.4) is 0 Å². The Labute approximate surface area is 134 Å². The summed E-state index contributed by atoms with van der Waals surface area (Å²) in [7, 11) is 0. The molecule has 0 atom stereocenters. The van der Waals surface area contributed by atoms with Crippen LogP contribution in [-0.2, 0) is 16.8 Å². The van der Waals surface area contributed by atoms with Crippen molar-refractivity contribution in [3.05, 3.63) is 53.3 Å². The number of carboxylic acid groups (broad SMARTS) is 1. The number of aromatic nitrogens is 1. The topological polar surface area (TPSA) is 91.4 Å². The Morgan fingerprint density at radius 2 is 1.87 bits per heavy atom. The fraction of sp³-hybridized carbons (Fsp3) is 0.294. The van der Waals surface area contributed by atoms with Gasteiger partial charge in [-0.1, -0.05) is 51.1 Å². The number of hydrogen-bond acceptors (Lipinski definition) is 3. The summed E-state index contributed by atoms with van der Waals surface area (Å²) in [6, 6.07) is 10.9. The summed E-state index contributed by atoms with van der Waals surface area (Å²) in [5, 5.41) is 11.7. The summed E-state index contributed by atoms with van der Waals surface area (Å²) in [4.78, 5) is 26.0. The summed E-state index contributed by atoms with van der Waals surface area (Å²) in [6.45, 7) is 5.96. The van der Waals surface area contributed by atoms with Crippen molar-refractivity contribution >= 4 is 17.7 Å². The lowest BCUT2D eigenvalue weighted by molar-refractivity contribution is 0.0692. The van der Waals surface area contributed by atoms with Gasteiger partial charge in [-0.05, 0) is 11.6 Å². The van der Waals surface area contributed by atoms with E-state index in [0.717, 1.165) is 5.56 Å². The largest absolute Gasteiger partial charge is 0.477 e. The van der Waals surface area contributed by atoms with E-state index in [1.54, 1.807) is 6.07 Å². The Bertz CT molecular complexity index is 699. The highest BCUT2D eigenvalue weighted by Gasteiger charge is 2.23. The summed E-state index contributed by atoms with van der Waals surface area (Å²) in [5.74, 6) is -1.14. The van der Waals surface area contributed by atoms with Gasteiger partial charge in [0, 0.05) is 11.1 Å². The lowest BCUT2D eigenvalue weighted by atomic mass is 9.92. The third kappa shape index (κ3) is 4.35. The minimum Gasteiger partial charge on any atom is -0.477 e. The average molecular weight is 316 g/mol. The third-order valence-corrected chi connectivity index (χ3v) is 3.29. The molecule has 2 rings (SSSR count). The van der Waals surface area contributed by atoms with Gasteiger partial charge in [-0.15, -0.1) is 0 Å². The summed E-state index contributed by atoms with van der Waals surface area (Å²) < 4.78 is 5.10. The van der Waals surface area contributed by atoms with Gasteiger partial charge in [0.25, 0.3) is 0 Å². The van der Waals surface area contributed by atoms with Crippen molar-refractivity contribution in [2.75, 3.05) is 5.32 Å². The van der Waals surface area contributed by atoms with Crippen LogP contribution in [0.5, 0.6) is 0 Å². The van der Waals surface area contributed by atoms with Crippen LogP contribution in [0.25, 0.3) is 0 Å². The molecule has 0 spiro atoms. The van der Waals surface area contributed by atoms with E-state index in [2.05, 4.69) is 10.3 Å². The first-order valence-electron chi connectivity index (χ1n) is 7.22. The number of nitrogens with one attached hydrogen (secondary N) is 2. The second-order valence-corrected chi connectivity index (χ2v) is 6.21. The highest BCUT2D eigenvalue weighted by molar-refractivity contribution is 5.97. The average Bonchev–Trinajstić information content (AvgIpc) is 2.90. The summed E-state index contributed by atoms with van der Waals surface area (Å²) in [6.07, 6.45) is -0.698. The predicted molar refractivity (Wildman–Crippen MR) is 86.7 cm³/mol. The quantitative estimate of drug-likeness (QED) is 0.801. The summed E-state index contributed by atoms with van der Waals surface area (Å²) in [5.41, 5.74) is 1.43. The van der Waals surface area contributed by atoms with Crippen molar-refractivity contribution in [1.82, 2.24) is 4.98 Å². The van der Waals surface area contributed by atoms with E-state index in [0.29, 0.717) is 5.69 Å². The van der Waals surface area contributed by atoms with Gasteiger partial charge in [0.2, 0.25) is 0 Å². The molecular weight excluding hydrogens is 296 g/mol. The maximum Gasteiger partial charge on any atom is 0.412 e. The molecule has 0 aliphatic rings. The van der Waals surface area contributed by atoms with Crippen LogP contribution in [-0.4, -0.2) is 22.2 Å². The number of H-pyrrole nitrogens is 1. The highest BCUT2D eigenvalue weighted by Crippen LogP contribution is 2.27. The van der Waals surface area contributed by atoms with Crippen molar-refractivity contribution in [2.24, 2.45) is 0 Å². The molecule has 1 heterocycles. The van der Waals surface area contributed by atoms with Crippen LogP contribution < -0.4 is 5.32 Å². The Balaban J connectivity index is 2.08. The van der Waals surface area contributed by atoms with E-state index in [1.165, 1.54) is 0 Å². The van der Waals surface area contributed by atoms with Crippen LogP contribution in [0.2, 0.25) is 0 Å². The molecule has 0 radical (unpaired) electrons. The maximum atomic E-state index is 11.9. The number of hydrogen-bond donors (Lipinski definition) is 3. The number of aromatic amines is 1. The van der Waals surface area contributed by atoms with E-state index >= 15 is 0 Å². The fourth-order valence-corrected chi connectivity index (χ4v) is 2.00. The molecule has 1 amide bonds. The van der Waals surface area contributed by atoms with Gasteiger partial charge in [0.1, 0.15) is 12.3 Å². The van der Waals surface area contributed by atoms with Crippen molar-refractivity contribution in [1.29, 1.82) is 0 Å².